The fraction of sp³-hybridized carbons (Fsp3) is 0.176. The first-order chi connectivity index (χ1) is 12.9. The van der Waals surface area contributed by atoms with Crippen LogP contribution in [0.25, 0.3) is 11.0 Å². The van der Waals surface area contributed by atoms with Gasteiger partial charge < -0.3 is 9.72 Å². The van der Waals surface area contributed by atoms with Crippen molar-refractivity contribution in [2.45, 2.75) is 12.8 Å². The maximum absolute atomic E-state index is 11.9. The molecule has 0 amide bonds. The number of esters is 1. The molecule has 27 heavy (non-hydrogen) atoms. The van der Waals surface area contributed by atoms with E-state index in [1.807, 2.05) is 0 Å². The fourth-order valence-corrected chi connectivity index (χ4v) is 2.49. The predicted octanol–water partition coefficient (Wildman–Crippen LogP) is 3.17. The minimum absolute atomic E-state index is 0.0188. The number of rotatable bonds is 7. The second-order valence-electron chi connectivity index (χ2n) is 5.69. The Labute approximate surface area is 152 Å². The van der Waals surface area contributed by atoms with Crippen molar-refractivity contribution >= 4 is 28.4 Å². The lowest BCUT2D eigenvalue weighted by molar-refractivity contribution is -0.385. The summed E-state index contributed by atoms with van der Waals surface area (Å²) >= 11 is 0. The van der Waals surface area contributed by atoms with Crippen molar-refractivity contribution in [3.05, 3.63) is 74.1 Å². The summed E-state index contributed by atoms with van der Waals surface area (Å²) < 4.78 is 5.14. The van der Waals surface area contributed by atoms with E-state index in [0.717, 1.165) is 0 Å². The molecule has 1 N–H and O–H groups in total. The molecule has 0 fully saturated rings. The molecule has 10 nitrogen and oxygen atoms in total. The summed E-state index contributed by atoms with van der Waals surface area (Å²) in [5.41, 5.74) is 1.31. The van der Waals surface area contributed by atoms with Gasteiger partial charge in [0.1, 0.15) is 5.82 Å². The van der Waals surface area contributed by atoms with Gasteiger partial charge in [0.25, 0.3) is 11.4 Å². The van der Waals surface area contributed by atoms with Crippen molar-refractivity contribution in [2.24, 2.45) is 0 Å². The summed E-state index contributed by atoms with van der Waals surface area (Å²) in [5, 5.41) is 21.4. The van der Waals surface area contributed by atoms with Gasteiger partial charge in [-0.25, -0.2) is 9.78 Å². The summed E-state index contributed by atoms with van der Waals surface area (Å²) in [6, 6.07) is 9.54. The summed E-state index contributed by atoms with van der Waals surface area (Å²) in [6.45, 7) is 0.146. The molecular formula is C17H14N4O6. The van der Waals surface area contributed by atoms with Gasteiger partial charge in [-0.1, -0.05) is 0 Å². The molecule has 1 heterocycles. The van der Waals surface area contributed by atoms with E-state index in [1.54, 1.807) is 6.07 Å². The first-order valence-corrected chi connectivity index (χ1v) is 7.98. The number of fused-ring (bicyclic) bond motifs is 1. The Morgan fingerprint density at radius 1 is 1.04 bits per heavy atom. The zero-order chi connectivity index (χ0) is 19.4. The number of imidazole rings is 1. The quantitative estimate of drug-likeness (QED) is 0.291. The van der Waals surface area contributed by atoms with Crippen LogP contribution in [0.2, 0.25) is 0 Å². The molecule has 3 aromatic rings. The summed E-state index contributed by atoms with van der Waals surface area (Å²) in [4.78, 5) is 39.6. The van der Waals surface area contributed by atoms with Crippen molar-refractivity contribution < 1.29 is 19.4 Å². The van der Waals surface area contributed by atoms with Crippen molar-refractivity contribution in [2.75, 3.05) is 6.61 Å². The Balaban J connectivity index is 1.52. The largest absolute Gasteiger partial charge is 0.462 e. The number of non-ortho nitro benzene ring substituents is 2. The van der Waals surface area contributed by atoms with Crippen LogP contribution in [0.5, 0.6) is 0 Å². The van der Waals surface area contributed by atoms with Gasteiger partial charge in [0.05, 0.1) is 33.1 Å². The third-order valence-corrected chi connectivity index (χ3v) is 3.83. The highest BCUT2D eigenvalue weighted by Crippen LogP contribution is 2.19. The first-order valence-electron chi connectivity index (χ1n) is 7.98. The molecule has 0 atom stereocenters. The average Bonchev–Trinajstić information content (AvgIpc) is 3.07. The van der Waals surface area contributed by atoms with Gasteiger partial charge in [-0.3, -0.25) is 20.2 Å². The second kappa shape index (κ2) is 7.60. The van der Waals surface area contributed by atoms with Crippen LogP contribution in [0.4, 0.5) is 11.4 Å². The molecular weight excluding hydrogens is 356 g/mol. The van der Waals surface area contributed by atoms with Crippen LogP contribution in [-0.2, 0) is 11.2 Å². The van der Waals surface area contributed by atoms with E-state index in [9.17, 15) is 25.0 Å². The summed E-state index contributed by atoms with van der Waals surface area (Å²) in [5.74, 6) is 0.0713. The van der Waals surface area contributed by atoms with Crippen molar-refractivity contribution in [3.63, 3.8) is 0 Å². The normalized spacial score (nSPS) is 10.7. The van der Waals surface area contributed by atoms with Gasteiger partial charge in [-0.15, -0.1) is 0 Å². The minimum atomic E-state index is -0.565. The van der Waals surface area contributed by atoms with Gasteiger partial charge in [0.2, 0.25) is 0 Å². The number of ether oxygens (including phenoxy) is 1. The molecule has 0 aliphatic carbocycles. The highest BCUT2D eigenvalue weighted by Gasteiger charge is 2.12. The number of carbonyl (C=O) groups excluding carboxylic acids is 1. The standard InChI is InChI=1S/C17H14N4O6/c22-17(11-3-5-12(6-4-11)20(23)24)27-9-1-2-16-18-14-8-7-13(21(25)26)10-15(14)19-16/h3-8,10H,1-2,9H2,(H,18,19). The number of carbonyl (C=O) groups is 1. The predicted molar refractivity (Wildman–Crippen MR) is 94.4 cm³/mol. The van der Waals surface area contributed by atoms with Gasteiger partial charge >= 0.3 is 5.97 Å². The number of aryl methyl sites for hydroxylation is 1. The molecule has 0 bridgehead atoms. The van der Waals surface area contributed by atoms with E-state index in [0.29, 0.717) is 29.7 Å². The van der Waals surface area contributed by atoms with Crippen LogP contribution in [0.3, 0.4) is 0 Å². The second-order valence-corrected chi connectivity index (χ2v) is 5.69. The molecule has 1 aromatic heterocycles. The molecule has 138 valence electrons. The third-order valence-electron chi connectivity index (χ3n) is 3.83. The van der Waals surface area contributed by atoms with E-state index >= 15 is 0 Å². The van der Waals surface area contributed by atoms with Crippen LogP contribution >= 0.6 is 0 Å². The number of benzene rings is 2. The van der Waals surface area contributed by atoms with E-state index < -0.39 is 15.8 Å². The topological polar surface area (TPSA) is 141 Å². The van der Waals surface area contributed by atoms with Crippen LogP contribution in [-0.4, -0.2) is 32.4 Å². The van der Waals surface area contributed by atoms with E-state index in [-0.39, 0.29) is 23.5 Å². The lowest BCUT2D eigenvalue weighted by Crippen LogP contribution is -2.07. The summed E-state index contributed by atoms with van der Waals surface area (Å²) in [6.07, 6.45) is 0.997. The molecule has 10 heteroatoms. The van der Waals surface area contributed by atoms with Crippen molar-refractivity contribution in [3.8, 4) is 0 Å². The van der Waals surface area contributed by atoms with Crippen LogP contribution < -0.4 is 0 Å². The smallest absolute Gasteiger partial charge is 0.338 e. The Kier molecular flexibility index (Phi) is 5.06. The number of H-pyrrole nitrogens is 1. The first kappa shape index (κ1) is 18.0. The molecule has 0 radical (unpaired) electrons. The molecule has 0 saturated heterocycles. The van der Waals surface area contributed by atoms with Crippen LogP contribution in [0.1, 0.15) is 22.6 Å². The maximum Gasteiger partial charge on any atom is 0.338 e. The highest BCUT2D eigenvalue weighted by atomic mass is 16.6. The van der Waals surface area contributed by atoms with Gasteiger partial charge in [0, 0.05) is 30.7 Å². The van der Waals surface area contributed by atoms with Gasteiger partial charge in [-0.2, -0.15) is 0 Å². The van der Waals surface area contributed by atoms with E-state index in [4.69, 9.17) is 4.74 Å². The zero-order valence-corrected chi connectivity index (χ0v) is 14.0. The van der Waals surface area contributed by atoms with Crippen molar-refractivity contribution in [1.29, 1.82) is 0 Å². The zero-order valence-electron chi connectivity index (χ0n) is 14.0. The molecule has 0 saturated carbocycles. The molecule has 0 unspecified atom stereocenters. The monoisotopic (exact) mass is 370 g/mol. The Morgan fingerprint density at radius 3 is 2.37 bits per heavy atom. The average molecular weight is 370 g/mol. The van der Waals surface area contributed by atoms with Gasteiger partial charge in [0.15, 0.2) is 0 Å². The molecule has 2 aromatic carbocycles. The molecule has 3 rings (SSSR count). The Morgan fingerprint density at radius 2 is 1.70 bits per heavy atom. The lowest BCUT2D eigenvalue weighted by Gasteiger charge is -2.04. The lowest BCUT2D eigenvalue weighted by atomic mass is 10.2. The van der Waals surface area contributed by atoms with Crippen LogP contribution in [0, 0.1) is 20.2 Å². The maximum atomic E-state index is 11.9. The number of aromatic nitrogens is 2. The number of hydrogen-bond acceptors (Lipinski definition) is 7. The molecule has 0 spiro atoms. The number of nitro benzene ring substituents is 2. The number of nitrogens with one attached hydrogen (secondary N) is 1. The minimum Gasteiger partial charge on any atom is -0.462 e. The van der Waals surface area contributed by atoms with Crippen LogP contribution in [0.15, 0.2) is 42.5 Å². The number of hydrogen-bond donors (Lipinski definition) is 1. The SMILES string of the molecule is O=C(OCCCc1nc2ccc([N+](=O)[O-])cc2[nH]1)c1ccc([N+](=O)[O-])cc1. The van der Waals surface area contributed by atoms with Gasteiger partial charge in [-0.05, 0) is 24.6 Å². The highest BCUT2D eigenvalue weighted by molar-refractivity contribution is 5.89. The van der Waals surface area contributed by atoms with E-state index in [2.05, 4.69) is 9.97 Å². The Bertz CT molecular complexity index is 1010. The van der Waals surface area contributed by atoms with Crippen molar-refractivity contribution in [1.82, 2.24) is 9.97 Å². The summed E-state index contributed by atoms with van der Waals surface area (Å²) in [7, 11) is 0. The Hall–Kier alpha value is -3.82. The number of nitrogens with zero attached hydrogens (tertiary/aromatic N) is 3. The fourth-order valence-electron chi connectivity index (χ4n) is 2.49. The number of aromatic amines is 1. The molecule has 0 aliphatic rings. The molecule has 0 aliphatic heterocycles. The number of nitro groups is 2. The third kappa shape index (κ3) is 4.24. The van der Waals surface area contributed by atoms with E-state index in [1.165, 1.54) is 36.4 Å².